The van der Waals surface area contributed by atoms with Gasteiger partial charge in [-0.05, 0) is 0 Å². The van der Waals surface area contributed by atoms with Crippen molar-refractivity contribution < 1.29 is 15.3 Å². The monoisotopic (exact) mass is 154 g/mol. The number of hydrogen-bond acceptors (Lipinski definition) is 2. The van der Waals surface area contributed by atoms with Crippen LogP contribution in [0.15, 0.2) is 18.2 Å². The smallest absolute Gasteiger partial charge is 0.870 e. The summed E-state index contributed by atoms with van der Waals surface area (Å²) in [4.78, 5) is 0. The van der Waals surface area contributed by atoms with Crippen LogP contribution in [-0.4, -0.2) is 18.8 Å². The van der Waals surface area contributed by atoms with Gasteiger partial charge in [-0.3, -0.25) is 0 Å². The van der Waals surface area contributed by atoms with Crippen LogP contribution in [0.4, 0.5) is 4.39 Å². The van der Waals surface area contributed by atoms with E-state index in [2.05, 4.69) is 0 Å². The van der Waals surface area contributed by atoms with Gasteiger partial charge in [-0.1, -0.05) is 0 Å². The summed E-state index contributed by atoms with van der Waals surface area (Å²) in [5.41, 5.74) is 1.03. The summed E-state index contributed by atoms with van der Waals surface area (Å²) in [6.45, 7) is 1.66. The van der Waals surface area contributed by atoms with Crippen molar-refractivity contribution in [3.63, 3.8) is 0 Å². The Morgan fingerprint density at radius 1 is 1.27 bits per heavy atom. The molecule has 2 N–H and O–H groups in total. The SMILES string of the molecule is [B+2]c1cccc(F)c1C.[OH-].[OH-]. The van der Waals surface area contributed by atoms with Crippen LogP contribution in [0, 0.1) is 12.7 Å². The zero-order valence-electron chi connectivity index (χ0n) is 6.08. The third-order valence-corrected chi connectivity index (χ3v) is 1.31. The molecule has 58 valence electrons. The molecule has 0 saturated heterocycles. The Hall–Kier alpha value is -0.865. The minimum Gasteiger partial charge on any atom is -0.870 e. The van der Waals surface area contributed by atoms with Crippen LogP contribution in [-0.2, 0) is 0 Å². The summed E-state index contributed by atoms with van der Waals surface area (Å²) < 4.78 is 12.5. The van der Waals surface area contributed by atoms with E-state index >= 15 is 0 Å². The Labute approximate surface area is 66.1 Å². The minimum atomic E-state index is -0.241. The summed E-state index contributed by atoms with van der Waals surface area (Å²) in [7, 11) is 5.38. The summed E-state index contributed by atoms with van der Waals surface area (Å²) in [6.07, 6.45) is 0. The third-order valence-electron chi connectivity index (χ3n) is 1.31. The standard InChI is InChI=1S/C7H6BF.2H2O/c1-5-6(8)3-2-4-7(5)9;;/h2-4H,1H3;2*1H2/q+2;;/p-2. The van der Waals surface area contributed by atoms with Crippen molar-refractivity contribution in [2.45, 2.75) is 6.92 Å². The van der Waals surface area contributed by atoms with Crippen LogP contribution in [0.1, 0.15) is 5.56 Å². The van der Waals surface area contributed by atoms with Crippen LogP contribution in [0.3, 0.4) is 0 Å². The Bertz CT molecular complexity index is 207. The molecule has 1 rings (SSSR count). The van der Waals surface area contributed by atoms with Gasteiger partial charge in [-0.15, -0.1) is 0 Å². The Balaban J connectivity index is 0. The Kier molecular flexibility index (Phi) is 5.66. The van der Waals surface area contributed by atoms with Gasteiger partial charge in [0.25, 0.3) is 0 Å². The van der Waals surface area contributed by atoms with E-state index in [1.807, 2.05) is 0 Å². The summed E-state index contributed by atoms with van der Waals surface area (Å²) in [5, 5.41) is 0. The van der Waals surface area contributed by atoms with Gasteiger partial charge in [0.05, 0.1) is 0 Å². The molecule has 0 spiro atoms. The van der Waals surface area contributed by atoms with E-state index in [1.165, 1.54) is 6.07 Å². The molecule has 0 saturated carbocycles. The zero-order valence-corrected chi connectivity index (χ0v) is 6.08. The fourth-order valence-corrected chi connectivity index (χ4v) is 0.624. The van der Waals surface area contributed by atoms with Crippen molar-refractivity contribution in [3.05, 3.63) is 29.6 Å². The molecule has 1 aromatic carbocycles. The molecule has 0 atom stereocenters. The quantitative estimate of drug-likeness (QED) is 0.513. The molecule has 0 aromatic heterocycles. The van der Waals surface area contributed by atoms with E-state index in [0.717, 1.165) is 0 Å². The second-order valence-corrected chi connectivity index (χ2v) is 1.95. The number of benzene rings is 1. The van der Waals surface area contributed by atoms with Crippen molar-refractivity contribution >= 4 is 13.3 Å². The minimum absolute atomic E-state index is 0. The number of halogens is 1. The summed E-state index contributed by atoms with van der Waals surface area (Å²) in [6, 6.07) is 4.67. The van der Waals surface area contributed by atoms with Crippen LogP contribution in [0.5, 0.6) is 0 Å². The van der Waals surface area contributed by atoms with Crippen LogP contribution in [0.2, 0.25) is 0 Å². The van der Waals surface area contributed by atoms with E-state index in [9.17, 15) is 4.39 Å². The molecule has 4 heteroatoms. The summed E-state index contributed by atoms with van der Waals surface area (Å²) >= 11 is 0. The molecule has 0 bridgehead atoms. The van der Waals surface area contributed by atoms with Gasteiger partial charge in [0.15, 0.2) is 0 Å². The Morgan fingerprint density at radius 2 is 1.82 bits per heavy atom. The molecule has 0 radical (unpaired) electrons. The van der Waals surface area contributed by atoms with Gasteiger partial charge in [0.1, 0.15) is 0 Å². The molecule has 0 aliphatic heterocycles. The Morgan fingerprint density at radius 3 is 2.18 bits per heavy atom. The third kappa shape index (κ3) is 2.70. The average molecular weight is 154 g/mol. The van der Waals surface area contributed by atoms with Crippen molar-refractivity contribution in [3.8, 4) is 0 Å². The normalized spacial score (nSPS) is 8.00. The van der Waals surface area contributed by atoms with E-state index in [1.54, 1.807) is 19.1 Å². The van der Waals surface area contributed by atoms with Crippen molar-refractivity contribution in [2.75, 3.05) is 0 Å². The van der Waals surface area contributed by atoms with Crippen molar-refractivity contribution in [2.24, 2.45) is 0 Å². The zero-order chi connectivity index (χ0) is 6.85. The maximum Gasteiger partial charge on any atom is -0.870 e. The molecule has 2 nitrogen and oxygen atoms in total. The van der Waals surface area contributed by atoms with Crippen LogP contribution < -0.4 is 5.46 Å². The van der Waals surface area contributed by atoms with Gasteiger partial charge < -0.3 is 11.0 Å². The fraction of sp³-hybridized carbons (Fsp3) is 0.143. The first kappa shape index (κ1) is 12.8. The molecule has 0 aliphatic rings. The topological polar surface area (TPSA) is 60.0 Å². The van der Waals surface area contributed by atoms with E-state index in [0.29, 0.717) is 11.0 Å². The largest absolute Gasteiger partial charge is 0.870 e. The van der Waals surface area contributed by atoms with Gasteiger partial charge in [0.2, 0.25) is 0 Å². The van der Waals surface area contributed by atoms with E-state index in [4.69, 9.17) is 7.85 Å². The van der Waals surface area contributed by atoms with Crippen LogP contribution in [0.25, 0.3) is 0 Å². The molecule has 1 aromatic rings. The molecule has 0 heterocycles. The van der Waals surface area contributed by atoms with Gasteiger partial charge in [0, 0.05) is 0 Å². The molecule has 0 aliphatic carbocycles. The molecule has 11 heavy (non-hydrogen) atoms. The van der Waals surface area contributed by atoms with Gasteiger partial charge >= 0.3 is 54.2 Å². The second-order valence-electron chi connectivity index (χ2n) is 1.95. The van der Waals surface area contributed by atoms with E-state index < -0.39 is 0 Å². The molecular formula is C7H8BFO2. The first-order valence-corrected chi connectivity index (χ1v) is 2.72. The molecule has 0 amide bonds. The molecular weight excluding hydrogens is 146 g/mol. The number of hydrogen-bond donors (Lipinski definition) is 0. The second kappa shape index (κ2) is 4.88. The maximum absolute atomic E-state index is 12.5. The van der Waals surface area contributed by atoms with Gasteiger partial charge in [-0.2, -0.15) is 0 Å². The average Bonchev–Trinajstić information content (AvgIpc) is 1.83. The van der Waals surface area contributed by atoms with E-state index in [-0.39, 0.29) is 16.8 Å². The maximum atomic E-state index is 12.5. The molecule has 0 unspecified atom stereocenters. The first-order chi connectivity index (χ1) is 4.22. The summed E-state index contributed by atoms with van der Waals surface area (Å²) in [5.74, 6) is -0.241. The van der Waals surface area contributed by atoms with Crippen molar-refractivity contribution in [1.82, 2.24) is 0 Å². The number of rotatable bonds is 0. The first-order valence-electron chi connectivity index (χ1n) is 2.72. The van der Waals surface area contributed by atoms with Crippen molar-refractivity contribution in [1.29, 1.82) is 0 Å². The predicted molar refractivity (Wildman–Crippen MR) is 40.4 cm³/mol. The van der Waals surface area contributed by atoms with Gasteiger partial charge in [-0.25, -0.2) is 0 Å². The van der Waals surface area contributed by atoms with Crippen LogP contribution >= 0.6 is 0 Å². The molecule has 0 fully saturated rings. The predicted octanol–water partition coefficient (Wildman–Crippen LogP) is 0.574. The fourth-order valence-electron chi connectivity index (χ4n) is 0.624.